The number of furan rings is 1. The number of rotatable bonds is 4. The van der Waals surface area contributed by atoms with Gasteiger partial charge in [0.2, 0.25) is 0 Å². The maximum Gasteiger partial charge on any atom is 0.136 e. The molecule has 0 aliphatic heterocycles. The van der Waals surface area contributed by atoms with E-state index in [0.29, 0.717) is 22.1 Å². The molecule has 0 atom stereocenters. The number of para-hydroxylation sites is 1. The molecule has 0 radical (unpaired) electrons. The van der Waals surface area contributed by atoms with E-state index in [2.05, 4.69) is 48.5 Å². The summed E-state index contributed by atoms with van der Waals surface area (Å²) in [5.74, 6) is 0. The molecule has 9 aromatic rings. The van der Waals surface area contributed by atoms with Crippen LogP contribution in [0.3, 0.4) is 0 Å². The highest BCUT2D eigenvalue weighted by Crippen LogP contribution is 2.48. The summed E-state index contributed by atoms with van der Waals surface area (Å²) in [7, 11) is 0. The highest BCUT2D eigenvalue weighted by atomic mass is 16.3. The maximum absolute atomic E-state index is 9.92. The van der Waals surface area contributed by atoms with Gasteiger partial charge in [0.05, 0.1) is 8.22 Å². The van der Waals surface area contributed by atoms with Crippen LogP contribution in [-0.4, -0.2) is 0 Å². The molecule has 45 heavy (non-hydrogen) atoms. The Morgan fingerprint density at radius 1 is 0.400 bits per heavy atom. The van der Waals surface area contributed by atoms with Gasteiger partial charge in [-0.05, 0) is 90.2 Å². The summed E-state index contributed by atoms with van der Waals surface area (Å²) < 4.78 is 60.3. The van der Waals surface area contributed by atoms with Crippen molar-refractivity contribution in [3.05, 3.63) is 170 Å². The van der Waals surface area contributed by atoms with Gasteiger partial charge in [0, 0.05) is 10.8 Å². The Bertz CT molecular complexity index is 2800. The van der Waals surface area contributed by atoms with Crippen molar-refractivity contribution in [2.24, 2.45) is 0 Å². The fourth-order valence-corrected chi connectivity index (χ4v) is 6.61. The van der Waals surface area contributed by atoms with Crippen LogP contribution in [-0.2, 0) is 0 Å². The molecule has 1 heterocycles. The summed E-state index contributed by atoms with van der Waals surface area (Å²) in [5.41, 5.74) is 6.62. The van der Waals surface area contributed by atoms with Crippen LogP contribution in [0.4, 0.5) is 0 Å². The second-order valence-corrected chi connectivity index (χ2v) is 11.2. The Hall–Kier alpha value is -5.92. The maximum atomic E-state index is 9.92. The van der Waals surface area contributed by atoms with E-state index in [1.165, 1.54) is 0 Å². The summed E-state index contributed by atoms with van der Waals surface area (Å²) in [5, 5.41) is 4.18. The molecule has 1 heteroatoms. The lowest BCUT2D eigenvalue weighted by molar-refractivity contribution is 0.669. The zero-order valence-corrected chi connectivity index (χ0v) is 24.1. The van der Waals surface area contributed by atoms with Gasteiger partial charge in [0.15, 0.2) is 0 Å². The molecule has 1 aromatic heterocycles. The van der Waals surface area contributed by atoms with E-state index in [0.717, 1.165) is 49.4 Å². The van der Waals surface area contributed by atoms with E-state index in [-0.39, 0.29) is 40.7 Å². The van der Waals surface area contributed by atoms with E-state index in [4.69, 9.17) is 9.90 Å². The fraction of sp³-hybridized carbons (Fsp3) is 0. The molecule has 210 valence electrons. The molecule has 0 spiro atoms. The van der Waals surface area contributed by atoms with Gasteiger partial charge in [-0.1, -0.05) is 146 Å². The Kier molecular flexibility index (Phi) is 4.63. The number of hydrogen-bond acceptors (Lipinski definition) is 1. The minimum atomic E-state index is -0.410. The number of hydrogen-bond donors (Lipinski definition) is 0. The molecule has 0 aliphatic rings. The van der Waals surface area contributed by atoms with Crippen molar-refractivity contribution in [2.75, 3.05) is 0 Å². The van der Waals surface area contributed by atoms with Crippen molar-refractivity contribution < 1.29 is 12.6 Å². The summed E-state index contributed by atoms with van der Waals surface area (Å²) in [6.45, 7) is 0. The summed E-state index contributed by atoms with van der Waals surface area (Å²) in [4.78, 5) is 0. The van der Waals surface area contributed by atoms with Crippen molar-refractivity contribution >= 4 is 43.5 Å². The smallest absolute Gasteiger partial charge is 0.136 e. The molecule has 0 N–H and O–H groups in total. The molecule has 1 nitrogen and oxygen atoms in total. The summed E-state index contributed by atoms with van der Waals surface area (Å²) >= 11 is 0. The van der Waals surface area contributed by atoms with E-state index < -0.39 is 12.1 Å². The van der Waals surface area contributed by atoms with Crippen molar-refractivity contribution in [1.82, 2.24) is 0 Å². The quantitative estimate of drug-likeness (QED) is 0.189. The van der Waals surface area contributed by atoms with E-state index in [1.807, 2.05) is 84.9 Å². The first-order valence-corrected chi connectivity index (χ1v) is 15.0. The zero-order valence-electron chi connectivity index (χ0n) is 30.1. The highest BCUT2D eigenvalue weighted by Gasteiger charge is 2.21. The Morgan fingerprint density at radius 2 is 0.933 bits per heavy atom. The Balaban J connectivity index is 1.49. The number of benzene rings is 8. The van der Waals surface area contributed by atoms with Crippen molar-refractivity contribution in [2.45, 2.75) is 0 Å². The molecule has 9 rings (SSSR count). The zero-order chi connectivity index (χ0) is 35.0. The van der Waals surface area contributed by atoms with Crippen LogP contribution in [0.25, 0.3) is 88.0 Å². The van der Waals surface area contributed by atoms with Gasteiger partial charge in [-0.15, -0.1) is 0 Å². The molecule has 0 saturated heterocycles. The van der Waals surface area contributed by atoms with Gasteiger partial charge in [-0.3, -0.25) is 0 Å². The van der Waals surface area contributed by atoms with E-state index in [9.17, 15) is 2.74 Å². The molecule has 0 aliphatic carbocycles. The molecule has 0 unspecified atom stereocenters. The van der Waals surface area contributed by atoms with Gasteiger partial charge in [0.25, 0.3) is 0 Å². The van der Waals surface area contributed by atoms with Gasteiger partial charge in [0.1, 0.15) is 11.2 Å². The standard InChI is InChI=1S/C44H28O/c1-3-14-29(15-4-1)31-18-13-19-32(26-31)42-34-20-7-9-22-36(34)43(37-23-10-8-21-35(37)42)39-27-33(30-16-5-2-6-17-30)28-41-44(39)38-24-11-12-25-40(38)45-41/h1-28H/i11D,12D,24D,25D,27D,28D. The topological polar surface area (TPSA) is 13.1 Å². The first-order valence-electron chi connectivity index (χ1n) is 18.0. The predicted molar refractivity (Wildman–Crippen MR) is 190 cm³/mol. The van der Waals surface area contributed by atoms with Crippen LogP contribution in [0.2, 0.25) is 0 Å². The lowest BCUT2D eigenvalue weighted by Crippen LogP contribution is -1.92. The lowest BCUT2D eigenvalue weighted by Gasteiger charge is -2.19. The van der Waals surface area contributed by atoms with Crippen LogP contribution in [0.1, 0.15) is 8.22 Å². The molecule has 0 amide bonds. The second-order valence-electron chi connectivity index (χ2n) is 11.2. The van der Waals surface area contributed by atoms with E-state index in [1.54, 1.807) is 0 Å². The summed E-state index contributed by atoms with van der Waals surface area (Å²) in [6, 6.07) is 43.0. The second kappa shape index (κ2) is 10.4. The first kappa shape index (κ1) is 20.1. The molecular weight excluding hydrogens is 544 g/mol. The average Bonchev–Trinajstić information content (AvgIpc) is 3.58. The summed E-state index contributed by atoms with van der Waals surface area (Å²) in [6.07, 6.45) is 0. The Morgan fingerprint density at radius 3 is 1.60 bits per heavy atom. The van der Waals surface area contributed by atoms with Gasteiger partial charge < -0.3 is 4.42 Å². The van der Waals surface area contributed by atoms with Crippen molar-refractivity contribution in [1.29, 1.82) is 0 Å². The molecule has 0 saturated carbocycles. The minimum Gasteiger partial charge on any atom is -0.456 e. The SMILES string of the molecule is [2H]c1c([2H])c([2H])c2c(oc3c([2H])c(-c4ccccc4)c([2H])c(-c4c5ccccc5c(-c5cccc(-c6ccccc6)c5)c5ccccc45)c32)c1[2H]. The number of fused-ring (bicyclic) bond motifs is 5. The fourth-order valence-electron chi connectivity index (χ4n) is 6.61. The molecule has 0 fully saturated rings. The van der Waals surface area contributed by atoms with Crippen LogP contribution in [0.5, 0.6) is 0 Å². The minimum absolute atomic E-state index is 0.0293. The largest absolute Gasteiger partial charge is 0.456 e. The van der Waals surface area contributed by atoms with Crippen LogP contribution in [0, 0.1) is 0 Å². The highest BCUT2D eigenvalue weighted by molar-refractivity contribution is 6.26. The average molecular weight is 579 g/mol. The monoisotopic (exact) mass is 578 g/mol. The molecule has 8 aromatic carbocycles. The molecule has 0 bridgehead atoms. The van der Waals surface area contributed by atoms with E-state index >= 15 is 0 Å². The molecular formula is C44H28O. The third-order valence-corrected chi connectivity index (χ3v) is 8.58. The first-order chi connectivity index (χ1) is 24.8. The van der Waals surface area contributed by atoms with Gasteiger partial charge in [-0.25, -0.2) is 0 Å². The third-order valence-electron chi connectivity index (χ3n) is 8.58. The predicted octanol–water partition coefficient (Wildman–Crippen LogP) is 12.6. The normalized spacial score (nSPS) is 13.4. The van der Waals surface area contributed by atoms with Crippen LogP contribution >= 0.6 is 0 Å². The third kappa shape index (κ3) is 4.17. The van der Waals surface area contributed by atoms with Crippen LogP contribution in [0.15, 0.2) is 174 Å². The van der Waals surface area contributed by atoms with Gasteiger partial charge >= 0.3 is 0 Å². The van der Waals surface area contributed by atoms with Crippen molar-refractivity contribution in [3.63, 3.8) is 0 Å². The van der Waals surface area contributed by atoms with Crippen LogP contribution < -0.4 is 0 Å². The van der Waals surface area contributed by atoms with Gasteiger partial charge in [-0.2, -0.15) is 0 Å². The van der Waals surface area contributed by atoms with Crippen molar-refractivity contribution in [3.8, 4) is 44.5 Å². The Labute approximate surface area is 270 Å². The lowest BCUT2D eigenvalue weighted by atomic mass is 9.83.